The van der Waals surface area contributed by atoms with Crippen molar-refractivity contribution >= 4 is 16.3 Å². The fourth-order valence-corrected chi connectivity index (χ4v) is 1.79. The van der Waals surface area contributed by atoms with Gasteiger partial charge in [-0.05, 0) is 12.5 Å². The first-order chi connectivity index (χ1) is 8.03. The number of amides is 1. The molecule has 0 saturated carbocycles. The summed E-state index contributed by atoms with van der Waals surface area (Å²) in [5, 5.41) is 0. The lowest BCUT2D eigenvalue weighted by atomic mass is 10.2. The maximum atomic E-state index is 11.4. The Morgan fingerprint density at radius 3 is 2.53 bits per heavy atom. The summed E-state index contributed by atoms with van der Waals surface area (Å²) in [4.78, 5) is 10.9. The zero-order valence-electron chi connectivity index (χ0n) is 9.34. The minimum Gasteiger partial charge on any atom is -0.449 e. The smallest absolute Gasteiger partial charge is 0.421 e. The molecule has 7 heteroatoms. The van der Waals surface area contributed by atoms with Gasteiger partial charge in [0.25, 0.3) is 0 Å². The molecule has 1 aromatic carbocycles. The van der Waals surface area contributed by atoms with Gasteiger partial charge in [-0.1, -0.05) is 30.3 Å². The topological polar surface area (TPSA) is 84.5 Å². The van der Waals surface area contributed by atoms with Crippen molar-refractivity contribution in [1.82, 2.24) is 9.44 Å². The minimum absolute atomic E-state index is 0.107. The zero-order valence-corrected chi connectivity index (χ0v) is 10.2. The van der Waals surface area contributed by atoms with E-state index in [0.717, 1.165) is 5.56 Å². The molecule has 0 saturated heterocycles. The van der Waals surface area contributed by atoms with E-state index in [2.05, 4.69) is 9.46 Å². The number of hydrogen-bond donors (Lipinski definition) is 2. The van der Waals surface area contributed by atoms with Crippen molar-refractivity contribution in [2.45, 2.75) is 13.5 Å². The molecular formula is C10H14N2O4S. The van der Waals surface area contributed by atoms with Gasteiger partial charge >= 0.3 is 16.3 Å². The van der Waals surface area contributed by atoms with Gasteiger partial charge in [0.1, 0.15) is 0 Å². The molecule has 94 valence electrons. The molecule has 0 atom stereocenters. The molecule has 1 aromatic rings. The molecule has 0 bridgehead atoms. The van der Waals surface area contributed by atoms with E-state index in [1.165, 1.54) is 0 Å². The van der Waals surface area contributed by atoms with E-state index in [0.29, 0.717) is 0 Å². The SMILES string of the molecule is CCOC(=O)NS(=O)(=O)NCc1ccccc1. The third-order valence-corrected chi connectivity index (χ3v) is 2.76. The number of carbonyl (C=O) groups is 1. The highest BCUT2D eigenvalue weighted by Crippen LogP contribution is 1.97. The summed E-state index contributed by atoms with van der Waals surface area (Å²) in [6, 6.07) is 8.96. The van der Waals surface area contributed by atoms with Crippen LogP contribution in [0.2, 0.25) is 0 Å². The second-order valence-corrected chi connectivity index (χ2v) is 4.63. The Morgan fingerprint density at radius 2 is 1.94 bits per heavy atom. The van der Waals surface area contributed by atoms with Crippen LogP contribution in [0.5, 0.6) is 0 Å². The fraction of sp³-hybridized carbons (Fsp3) is 0.300. The Labute approximate surface area is 100 Å². The lowest BCUT2D eigenvalue weighted by molar-refractivity contribution is 0.158. The summed E-state index contributed by atoms with van der Waals surface area (Å²) in [6.45, 7) is 1.80. The van der Waals surface area contributed by atoms with Crippen molar-refractivity contribution < 1.29 is 17.9 Å². The Kier molecular flexibility index (Phi) is 4.92. The van der Waals surface area contributed by atoms with Gasteiger partial charge in [-0.15, -0.1) is 0 Å². The molecule has 0 spiro atoms. The van der Waals surface area contributed by atoms with E-state index < -0.39 is 16.3 Å². The summed E-state index contributed by atoms with van der Waals surface area (Å²) < 4.78 is 31.1. The largest absolute Gasteiger partial charge is 0.449 e. The second kappa shape index (κ2) is 6.21. The molecule has 2 N–H and O–H groups in total. The number of nitrogens with one attached hydrogen (secondary N) is 2. The predicted molar refractivity (Wildman–Crippen MR) is 62.4 cm³/mol. The van der Waals surface area contributed by atoms with Gasteiger partial charge in [0.05, 0.1) is 6.61 Å². The third-order valence-electron chi connectivity index (χ3n) is 1.80. The van der Waals surface area contributed by atoms with E-state index in [1.54, 1.807) is 35.9 Å². The summed E-state index contributed by atoms with van der Waals surface area (Å²) in [5.74, 6) is 0. The first-order valence-corrected chi connectivity index (χ1v) is 6.50. The van der Waals surface area contributed by atoms with Gasteiger partial charge in [0.2, 0.25) is 0 Å². The van der Waals surface area contributed by atoms with Crippen molar-refractivity contribution in [2.75, 3.05) is 6.61 Å². The third kappa shape index (κ3) is 5.32. The molecule has 0 unspecified atom stereocenters. The molecule has 0 aliphatic heterocycles. The fourth-order valence-electron chi connectivity index (χ4n) is 1.08. The van der Waals surface area contributed by atoms with Gasteiger partial charge in [-0.2, -0.15) is 13.1 Å². The van der Waals surface area contributed by atoms with Crippen LogP contribution in [0.3, 0.4) is 0 Å². The van der Waals surface area contributed by atoms with Gasteiger partial charge in [0, 0.05) is 6.54 Å². The Balaban J connectivity index is 2.48. The lowest BCUT2D eigenvalue weighted by Crippen LogP contribution is -2.40. The van der Waals surface area contributed by atoms with Crippen LogP contribution in [-0.2, 0) is 21.5 Å². The number of ether oxygens (including phenoxy) is 1. The predicted octanol–water partition coefficient (Wildman–Crippen LogP) is 0.767. The van der Waals surface area contributed by atoms with Crippen LogP contribution in [0.1, 0.15) is 12.5 Å². The molecule has 0 aliphatic rings. The first kappa shape index (κ1) is 13.5. The molecular weight excluding hydrogens is 244 g/mol. The van der Waals surface area contributed by atoms with E-state index in [9.17, 15) is 13.2 Å². The number of rotatable bonds is 5. The van der Waals surface area contributed by atoms with Gasteiger partial charge < -0.3 is 4.74 Å². The summed E-state index contributed by atoms with van der Waals surface area (Å²) >= 11 is 0. The van der Waals surface area contributed by atoms with Crippen molar-refractivity contribution in [3.8, 4) is 0 Å². The van der Waals surface area contributed by atoms with Crippen LogP contribution < -0.4 is 9.44 Å². The number of carbonyl (C=O) groups excluding carboxylic acids is 1. The highest BCUT2D eigenvalue weighted by atomic mass is 32.2. The standard InChI is InChI=1S/C10H14N2O4S/c1-2-16-10(13)12-17(14,15)11-8-9-6-4-3-5-7-9/h3-7,11H,2,8H2,1H3,(H,12,13). The van der Waals surface area contributed by atoms with Crippen molar-refractivity contribution in [1.29, 1.82) is 0 Å². The average molecular weight is 258 g/mol. The second-order valence-electron chi connectivity index (χ2n) is 3.13. The minimum atomic E-state index is -3.88. The summed E-state index contributed by atoms with van der Waals surface area (Å²) in [6.07, 6.45) is -0.993. The van der Waals surface area contributed by atoms with Crippen LogP contribution in [0.15, 0.2) is 30.3 Å². The molecule has 6 nitrogen and oxygen atoms in total. The maximum absolute atomic E-state index is 11.4. The van der Waals surface area contributed by atoms with Gasteiger partial charge in [-0.3, -0.25) is 0 Å². The number of hydrogen-bond acceptors (Lipinski definition) is 4. The molecule has 1 amide bonds. The Bertz CT molecular complexity index is 458. The molecule has 0 fully saturated rings. The van der Waals surface area contributed by atoms with Gasteiger partial charge in [-0.25, -0.2) is 9.52 Å². The van der Waals surface area contributed by atoms with Crippen LogP contribution in [0, 0.1) is 0 Å². The molecule has 0 radical (unpaired) electrons. The maximum Gasteiger partial charge on any atom is 0.421 e. The average Bonchev–Trinajstić information content (AvgIpc) is 2.27. The van der Waals surface area contributed by atoms with Crippen LogP contribution >= 0.6 is 0 Å². The van der Waals surface area contributed by atoms with E-state index >= 15 is 0 Å². The number of benzene rings is 1. The van der Waals surface area contributed by atoms with Crippen molar-refractivity contribution in [3.05, 3.63) is 35.9 Å². The molecule has 0 aromatic heterocycles. The lowest BCUT2D eigenvalue weighted by Gasteiger charge is -2.07. The monoisotopic (exact) mass is 258 g/mol. The van der Waals surface area contributed by atoms with E-state index in [1.807, 2.05) is 6.07 Å². The Morgan fingerprint density at radius 1 is 1.29 bits per heavy atom. The highest BCUT2D eigenvalue weighted by molar-refractivity contribution is 7.88. The van der Waals surface area contributed by atoms with E-state index in [4.69, 9.17) is 0 Å². The normalized spacial score (nSPS) is 10.9. The van der Waals surface area contributed by atoms with Crippen LogP contribution in [0.4, 0.5) is 4.79 Å². The van der Waals surface area contributed by atoms with Crippen LogP contribution in [-0.4, -0.2) is 21.1 Å². The molecule has 1 rings (SSSR count). The molecule has 0 heterocycles. The van der Waals surface area contributed by atoms with Crippen LogP contribution in [0.25, 0.3) is 0 Å². The summed E-state index contributed by atoms with van der Waals surface area (Å²) in [5.41, 5.74) is 0.793. The quantitative estimate of drug-likeness (QED) is 0.817. The summed E-state index contributed by atoms with van der Waals surface area (Å²) in [7, 11) is -3.88. The molecule has 0 aliphatic carbocycles. The highest BCUT2D eigenvalue weighted by Gasteiger charge is 2.13. The first-order valence-electron chi connectivity index (χ1n) is 5.01. The molecule has 17 heavy (non-hydrogen) atoms. The van der Waals surface area contributed by atoms with Gasteiger partial charge in [0.15, 0.2) is 0 Å². The van der Waals surface area contributed by atoms with E-state index in [-0.39, 0.29) is 13.2 Å². The Hall–Kier alpha value is -1.60. The van der Waals surface area contributed by atoms with Crippen molar-refractivity contribution in [2.24, 2.45) is 0 Å². The van der Waals surface area contributed by atoms with Crippen molar-refractivity contribution in [3.63, 3.8) is 0 Å². The zero-order chi connectivity index (χ0) is 12.7.